The zero-order chi connectivity index (χ0) is 14.6. The van der Waals surface area contributed by atoms with E-state index in [-0.39, 0.29) is 18.2 Å². The lowest BCUT2D eigenvalue weighted by Crippen LogP contribution is -2.57. The summed E-state index contributed by atoms with van der Waals surface area (Å²) >= 11 is 0. The van der Waals surface area contributed by atoms with Gasteiger partial charge in [0, 0.05) is 13.6 Å². The molecule has 0 bridgehead atoms. The molecule has 3 atom stereocenters. The van der Waals surface area contributed by atoms with Gasteiger partial charge in [-0.15, -0.1) is 0 Å². The van der Waals surface area contributed by atoms with Crippen molar-refractivity contribution >= 4 is 12.0 Å². The van der Waals surface area contributed by atoms with Gasteiger partial charge in [0.05, 0.1) is 18.8 Å². The Bertz CT molecular complexity index is 335. The quantitative estimate of drug-likeness (QED) is 0.840. The van der Waals surface area contributed by atoms with Crippen LogP contribution in [0.2, 0.25) is 0 Å². The van der Waals surface area contributed by atoms with Crippen LogP contribution in [0.3, 0.4) is 0 Å². The van der Waals surface area contributed by atoms with Gasteiger partial charge in [-0.25, -0.2) is 9.59 Å². The van der Waals surface area contributed by atoms with Crippen molar-refractivity contribution in [2.24, 2.45) is 0 Å². The van der Waals surface area contributed by atoms with E-state index in [4.69, 9.17) is 9.84 Å². The van der Waals surface area contributed by atoms with Crippen LogP contribution >= 0.6 is 0 Å². The van der Waals surface area contributed by atoms with Crippen molar-refractivity contribution in [1.29, 1.82) is 0 Å². The van der Waals surface area contributed by atoms with Crippen molar-refractivity contribution in [3.05, 3.63) is 0 Å². The number of carbonyl (C=O) groups excluding carboxylic acids is 1. The van der Waals surface area contributed by atoms with Crippen LogP contribution in [0.4, 0.5) is 4.79 Å². The van der Waals surface area contributed by atoms with E-state index < -0.39 is 12.0 Å². The summed E-state index contributed by atoms with van der Waals surface area (Å²) in [4.78, 5) is 26.6. The molecule has 0 spiro atoms. The first-order valence-electron chi connectivity index (χ1n) is 6.80. The Morgan fingerprint density at radius 3 is 2.58 bits per heavy atom. The van der Waals surface area contributed by atoms with Crippen molar-refractivity contribution in [2.75, 3.05) is 20.2 Å². The van der Waals surface area contributed by atoms with Gasteiger partial charge in [-0.1, -0.05) is 13.8 Å². The summed E-state index contributed by atoms with van der Waals surface area (Å²) in [6.45, 7) is 6.71. The topological polar surface area (TPSA) is 70.1 Å². The fraction of sp³-hybridized carbons (Fsp3) is 0.846. The Kier molecular flexibility index (Phi) is 5.60. The van der Waals surface area contributed by atoms with Gasteiger partial charge < -0.3 is 19.6 Å². The van der Waals surface area contributed by atoms with E-state index in [1.54, 1.807) is 18.9 Å². The highest BCUT2D eigenvalue weighted by molar-refractivity contribution is 5.82. The lowest BCUT2D eigenvalue weighted by atomic mass is 10.1. The minimum Gasteiger partial charge on any atom is -0.480 e. The highest BCUT2D eigenvalue weighted by Gasteiger charge is 2.34. The molecule has 1 aliphatic rings. The molecule has 0 radical (unpaired) electrons. The number of aliphatic carboxylic acids is 1. The van der Waals surface area contributed by atoms with Gasteiger partial charge in [-0.05, 0) is 19.8 Å². The molecule has 1 heterocycles. The Morgan fingerprint density at radius 2 is 2.11 bits per heavy atom. The van der Waals surface area contributed by atoms with E-state index >= 15 is 0 Å². The van der Waals surface area contributed by atoms with Gasteiger partial charge in [0.2, 0.25) is 0 Å². The van der Waals surface area contributed by atoms with Crippen LogP contribution in [-0.2, 0) is 9.53 Å². The molecule has 0 aliphatic carbocycles. The first-order valence-corrected chi connectivity index (χ1v) is 6.80. The fourth-order valence-corrected chi connectivity index (χ4v) is 2.37. The summed E-state index contributed by atoms with van der Waals surface area (Å²) in [6, 6.07) is -0.975. The minimum atomic E-state index is -0.965. The van der Waals surface area contributed by atoms with Crippen LogP contribution in [0.1, 0.15) is 33.6 Å². The van der Waals surface area contributed by atoms with E-state index in [1.807, 2.05) is 13.8 Å². The van der Waals surface area contributed by atoms with Crippen LogP contribution in [0.15, 0.2) is 0 Å². The summed E-state index contributed by atoms with van der Waals surface area (Å²) in [6.07, 6.45) is 1.19. The molecule has 1 aliphatic heterocycles. The van der Waals surface area contributed by atoms with Crippen LogP contribution in [0.25, 0.3) is 0 Å². The molecular weight excluding hydrogens is 248 g/mol. The normalized spacial score (nSPS) is 24.9. The largest absolute Gasteiger partial charge is 0.480 e. The number of carboxylic acid groups (broad SMARTS) is 1. The molecule has 2 amide bonds. The third-order valence-electron chi connectivity index (χ3n) is 3.63. The molecule has 1 fully saturated rings. The highest BCUT2D eigenvalue weighted by Crippen LogP contribution is 2.17. The minimum absolute atomic E-state index is 0.00921. The predicted octanol–water partition coefficient (Wildman–Crippen LogP) is 1.40. The second-order valence-electron chi connectivity index (χ2n) is 5.01. The van der Waals surface area contributed by atoms with Gasteiger partial charge >= 0.3 is 12.0 Å². The standard InChI is InChI=1S/C13H24N2O4/c1-5-10-8-19-9(3)7-15(10)13(18)14(4)11(6-2)12(16)17/h9-11H,5-8H2,1-4H3,(H,16,17). The van der Waals surface area contributed by atoms with Crippen molar-refractivity contribution in [3.63, 3.8) is 0 Å². The molecule has 110 valence electrons. The zero-order valence-electron chi connectivity index (χ0n) is 12.1. The molecule has 1 N–H and O–H groups in total. The van der Waals surface area contributed by atoms with Crippen molar-refractivity contribution in [2.45, 2.75) is 51.8 Å². The Morgan fingerprint density at radius 1 is 1.47 bits per heavy atom. The van der Waals surface area contributed by atoms with E-state index in [2.05, 4.69) is 0 Å². The monoisotopic (exact) mass is 272 g/mol. The Hall–Kier alpha value is -1.30. The fourth-order valence-electron chi connectivity index (χ4n) is 2.37. The van der Waals surface area contributed by atoms with Crippen LogP contribution in [0.5, 0.6) is 0 Å². The molecule has 1 saturated heterocycles. The number of nitrogens with zero attached hydrogens (tertiary/aromatic N) is 2. The number of carbonyl (C=O) groups is 2. The van der Waals surface area contributed by atoms with Gasteiger partial charge in [0.1, 0.15) is 6.04 Å². The average Bonchev–Trinajstić information content (AvgIpc) is 2.38. The summed E-state index contributed by atoms with van der Waals surface area (Å²) in [5, 5.41) is 9.13. The summed E-state index contributed by atoms with van der Waals surface area (Å²) in [7, 11) is 1.55. The number of likely N-dealkylation sites (N-methyl/N-ethyl adjacent to an activating group) is 1. The number of morpholine rings is 1. The van der Waals surface area contributed by atoms with E-state index in [0.717, 1.165) is 6.42 Å². The van der Waals surface area contributed by atoms with Gasteiger partial charge in [0.25, 0.3) is 0 Å². The average molecular weight is 272 g/mol. The van der Waals surface area contributed by atoms with Crippen LogP contribution < -0.4 is 0 Å². The zero-order valence-corrected chi connectivity index (χ0v) is 12.1. The maximum Gasteiger partial charge on any atom is 0.326 e. The lowest BCUT2D eigenvalue weighted by Gasteiger charge is -2.41. The molecule has 0 aromatic carbocycles. The summed E-state index contributed by atoms with van der Waals surface area (Å²) in [5.41, 5.74) is 0. The third-order valence-corrected chi connectivity index (χ3v) is 3.63. The molecular formula is C13H24N2O4. The number of hydrogen-bond acceptors (Lipinski definition) is 3. The molecule has 1 rings (SSSR count). The number of urea groups is 1. The summed E-state index contributed by atoms with van der Waals surface area (Å²) in [5.74, 6) is -0.965. The van der Waals surface area contributed by atoms with Gasteiger partial charge in [-0.3, -0.25) is 0 Å². The molecule has 19 heavy (non-hydrogen) atoms. The van der Waals surface area contributed by atoms with E-state index in [9.17, 15) is 9.59 Å². The summed E-state index contributed by atoms with van der Waals surface area (Å²) < 4.78 is 5.55. The lowest BCUT2D eigenvalue weighted by molar-refractivity contribution is -0.142. The second kappa shape index (κ2) is 6.75. The number of hydrogen-bond donors (Lipinski definition) is 1. The predicted molar refractivity (Wildman–Crippen MR) is 71.1 cm³/mol. The first-order chi connectivity index (χ1) is 8.92. The van der Waals surface area contributed by atoms with Crippen molar-refractivity contribution in [1.82, 2.24) is 9.80 Å². The van der Waals surface area contributed by atoms with Crippen molar-refractivity contribution < 1.29 is 19.4 Å². The third kappa shape index (κ3) is 3.59. The maximum atomic E-state index is 12.5. The molecule has 6 nitrogen and oxygen atoms in total. The highest BCUT2D eigenvalue weighted by atomic mass is 16.5. The van der Waals surface area contributed by atoms with Crippen LogP contribution in [-0.4, -0.2) is 65.3 Å². The van der Waals surface area contributed by atoms with E-state index in [1.165, 1.54) is 4.90 Å². The van der Waals surface area contributed by atoms with Crippen LogP contribution in [0, 0.1) is 0 Å². The number of amides is 2. The van der Waals surface area contributed by atoms with E-state index in [0.29, 0.717) is 19.6 Å². The molecule has 0 saturated carbocycles. The number of ether oxygens (including phenoxy) is 1. The molecule has 0 aromatic heterocycles. The molecule has 6 heteroatoms. The van der Waals surface area contributed by atoms with Crippen molar-refractivity contribution in [3.8, 4) is 0 Å². The second-order valence-corrected chi connectivity index (χ2v) is 5.01. The Labute approximate surface area is 114 Å². The first kappa shape index (κ1) is 15.8. The molecule has 0 aromatic rings. The molecule has 3 unspecified atom stereocenters. The van der Waals surface area contributed by atoms with Gasteiger partial charge in [-0.2, -0.15) is 0 Å². The number of rotatable bonds is 4. The SMILES string of the molecule is CCC(C(=O)O)N(C)C(=O)N1CC(C)OCC1CC. The maximum absolute atomic E-state index is 12.5. The smallest absolute Gasteiger partial charge is 0.326 e. The van der Waals surface area contributed by atoms with Gasteiger partial charge in [0.15, 0.2) is 0 Å². The number of carboxylic acids is 1. The Balaban J connectivity index is 2.80.